The van der Waals surface area contributed by atoms with E-state index in [4.69, 9.17) is 9.97 Å². The van der Waals surface area contributed by atoms with Crippen LogP contribution in [0.4, 0.5) is 5.82 Å². The number of pyridine rings is 2. The summed E-state index contributed by atoms with van der Waals surface area (Å²) in [6, 6.07) is 18.0. The van der Waals surface area contributed by atoms with Gasteiger partial charge in [0.2, 0.25) is 11.8 Å². The second-order valence-electron chi connectivity index (χ2n) is 14.3. The van der Waals surface area contributed by atoms with Gasteiger partial charge in [-0.1, -0.05) is 24.3 Å². The summed E-state index contributed by atoms with van der Waals surface area (Å²) in [6.07, 6.45) is 8.46. The van der Waals surface area contributed by atoms with Crippen molar-refractivity contribution in [1.82, 2.24) is 34.4 Å². The molecule has 1 aliphatic carbocycles. The number of likely N-dealkylation sites (tertiary alicyclic amines) is 1. The van der Waals surface area contributed by atoms with Crippen molar-refractivity contribution in [2.75, 3.05) is 57.8 Å². The molecule has 12 nitrogen and oxygen atoms in total. The number of imide groups is 1. The summed E-state index contributed by atoms with van der Waals surface area (Å²) < 4.78 is 2.13. The maximum Gasteiger partial charge on any atom is 0.260 e. The van der Waals surface area contributed by atoms with Crippen LogP contribution in [-0.2, 0) is 35.6 Å². The number of amides is 3. The van der Waals surface area contributed by atoms with Crippen molar-refractivity contribution < 1.29 is 19.5 Å². The molecule has 52 heavy (non-hydrogen) atoms. The quantitative estimate of drug-likeness (QED) is 0.115. The molecule has 2 N–H and O–H groups in total. The number of aliphatic hydroxyl groups excluding tert-OH is 1. The van der Waals surface area contributed by atoms with Crippen LogP contribution in [0.3, 0.4) is 0 Å². The minimum atomic E-state index is -0.236. The van der Waals surface area contributed by atoms with Gasteiger partial charge in [0.15, 0.2) is 0 Å². The molecule has 0 bridgehead atoms. The smallest absolute Gasteiger partial charge is 0.260 e. The highest BCUT2D eigenvalue weighted by Gasteiger charge is 2.31. The third-order valence-electron chi connectivity index (χ3n) is 10.9. The first-order chi connectivity index (χ1) is 25.4. The van der Waals surface area contributed by atoms with Crippen LogP contribution >= 0.6 is 0 Å². The first-order valence-corrected chi connectivity index (χ1v) is 18.8. The molecule has 3 amide bonds. The lowest BCUT2D eigenvalue weighted by Gasteiger charge is -2.36. The average Bonchev–Trinajstić information content (AvgIpc) is 3.53. The van der Waals surface area contributed by atoms with Crippen LogP contribution in [0.1, 0.15) is 83.1 Å². The van der Waals surface area contributed by atoms with Crippen molar-refractivity contribution in [3.05, 3.63) is 94.6 Å². The number of rotatable bonds is 14. The summed E-state index contributed by atoms with van der Waals surface area (Å²) in [6.45, 7) is 6.24. The Labute approximate surface area is 305 Å². The van der Waals surface area contributed by atoms with Crippen LogP contribution in [0.15, 0.2) is 60.8 Å². The molecule has 12 heteroatoms. The molecule has 1 atom stereocenters. The van der Waals surface area contributed by atoms with Crippen molar-refractivity contribution in [3.63, 3.8) is 0 Å². The fourth-order valence-electron chi connectivity index (χ4n) is 7.85. The standard InChI is InChI=1S/C40H50N8O4/c1-44(33-10-3-8-30-9-5-19-42-39(30)33)27-32-34(28-49)48-35(43-32)11-4-13-37(48)46-25-23-45(24-26-46)21-6-20-41-36(50)12-2-7-29-14-16-31(17-15-29)40(52)47-22-18-38(47)51/h4-5,9,11,13-17,19,33,49H,2-3,6-8,10,12,18,20-28H2,1H3,(H,41,50)/t33-/m0/s1. The number of nitrogens with one attached hydrogen (secondary N) is 1. The highest BCUT2D eigenvalue weighted by Crippen LogP contribution is 2.33. The van der Waals surface area contributed by atoms with Crippen molar-refractivity contribution in [1.29, 1.82) is 0 Å². The van der Waals surface area contributed by atoms with E-state index in [1.54, 1.807) is 12.1 Å². The molecule has 2 fully saturated rings. The Morgan fingerprint density at radius 3 is 2.56 bits per heavy atom. The zero-order valence-electron chi connectivity index (χ0n) is 30.2. The normalized spacial score (nSPS) is 17.8. The SMILES string of the molecule is CN(Cc1nc2cccc(N3CCN(CCCNC(=O)CCCc4ccc(C(=O)N5CCC5=O)cc4)CC3)n2c1CO)[C@H]1CCCc2cccnc21. The molecular formula is C40H50N8O4. The van der Waals surface area contributed by atoms with E-state index in [0.29, 0.717) is 38.0 Å². The summed E-state index contributed by atoms with van der Waals surface area (Å²) in [5, 5.41) is 13.7. The van der Waals surface area contributed by atoms with Gasteiger partial charge in [-0.2, -0.15) is 0 Å². The Morgan fingerprint density at radius 1 is 0.981 bits per heavy atom. The molecule has 0 unspecified atom stereocenters. The van der Waals surface area contributed by atoms with Crippen LogP contribution < -0.4 is 10.2 Å². The van der Waals surface area contributed by atoms with Crippen molar-refractivity contribution >= 4 is 29.2 Å². The molecule has 5 heterocycles. The van der Waals surface area contributed by atoms with E-state index in [1.807, 2.05) is 30.5 Å². The molecule has 2 saturated heterocycles. The minimum Gasteiger partial charge on any atom is -0.390 e. The van der Waals surface area contributed by atoms with Crippen LogP contribution in [-0.4, -0.2) is 105 Å². The fraction of sp³-hybridized carbons (Fsp3) is 0.475. The lowest BCUT2D eigenvalue weighted by atomic mass is 9.91. The fourth-order valence-corrected chi connectivity index (χ4v) is 7.85. The molecule has 2 aliphatic heterocycles. The van der Waals surface area contributed by atoms with Gasteiger partial charge in [-0.05, 0) is 93.6 Å². The van der Waals surface area contributed by atoms with E-state index < -0.39 is 0 Å². The maximum atomic E-state index is 12.5. The summed E-state index contributed by atoms with van der Waals surface area (Å²) >= 11 is 0. The van der Waals surface area contributed by atoms with Gasteiger partial charge in [0, 0.05) is 70.4 Å². The zero-order valence-corrected chi connectivity index (χ0v) is 30.2. The van der Waals surface area contributed by atoms with E-state index in [-0.39, 0.29) is 30.4 Å². The number of β-lactam (4-membered cyclic amide) rings is 1. The molecule has 0 spiro atoms. The Hall–Kier alpha value is -4.65. The third kappa shape index (κ3) is 7.89. The molecular weight excluding hydrogens is 656 g/mol. The molecule has 7 rings (SSSR count). The number of aryl methyl sites for hydroxylation is 2. The number of imidazole rings is 1. The number of aromatic nitrogens is 3. The Morgan fingerprint density at radius 2 is 1.81 bits per heavy atom. The second kappa shape index (κ2) is 16.4. The molecule has 274 valence electrons. The zero-order chi connectivity index (χ0) is 36.0. The monoisotopic (exact) mass is 706 g/mol. The third-order valence-corrected chi connectivity index (χ3v) is 10.9. The van der Waals surface area contributed by atoms with E-state index in [0.717, 1.165) is 99.7 Å². The molecule has 3 aromatic heterocycles. The maximum absolute atomic E-state index is 12.5. The number of carbonyl (C=O) groups excluding carboxylic acids is 3. The van der Waals surface area contributed by atoms with E-state index >= 15 is 0 Å². The van der Waals surface area contributed by atoms with Crippen LogP contribution in [0.5, 0.6) is 0 Å². The minimum absolute atomic E-state index is 0.0619. The Kier molecular flexibility index (Phi) is 11.2. The summed E-state index contributed by atoms with van der Waals surface area (Å²) in [4.78, 5) is 54.6. The predicted octanol–water partition coefficient (Wildman–Crippen LogP) is 3.75. The highest BCUT2D eigenvalue weighted by molar-refractivity contribution is 6.07. The number of anilines is 1. The molecule has 4 aromatic rings. The average molecular weight is 707 g/mol. The first kappa shape index (κ1) is 35.7. The molecule has 0 saturated carbocycles. The lowest BCUT2D eigenvalue weighted by molar-refractivity contribution is -0.136. The Balaban J connectivity index is 0.845. The number of nitrogens with zero attached hydrogens (tertiary/aromatic N) is 7. The summed E-state index contributed by atoms with van der Waals surface area (Å²) in [5.74, 6) is 0.771. The number of hydrogen-bond donors (Lipinski definition) is 2. The first-order valence-electron chi connectivity index (χ1n) is 18.8. The van der Waals surface area contributed by atoms with Crippen LogP contribution in [0.25, 0.3) is 5.65 Å². The van der Waals surface area contributed by atoms with Crippen molar-refractivity contribution in [2.24, 2.45) is 0 Å². The number of aliphatic hydroxyl groups is 1. The summed E-state index contributed by atoms with van der Waals surface area (Å²) in [5.41, 5.74) is 6.70. The highest BCUT2D eigenvalue weighted by atomic mass is 16.3. The van der Waals surface area contributed by atoms with Crippen LogP contribution in [0.2, 0.25) is 0 Å². The number of benzene rings is 1. The molecule has 3 aliphatic rings. The van der Waals surface area contributed by atoms with Crippen molar-refractivity contribution in [3.8, 4) is 0 Å². The van der Waals surface area contributed by atoms with Gasteiger partial charge in [0.1, 0.15) is 11.5 Å². The number of hydrogen-bond acceptors (Lipinski definition) is 9. The number of fused-ring (bicyclic) bond motifs is 2. The van der Waals surface area contributed by atoms with Gasteiger partial charge >= 0.3 is 0 Å². The van der Waals surface area contributed by atoms with Gasteiger partial charge in [-0.25, -0.2) is 4.98 Å². The largest absolute Gasteiger partial charge is 0.390 e. The van der Waals surface area contributed by atoms with Gasteiger partial charge in [0.25, 0.3) is 5.91 Å². The topological polar surface area (TPSA) is 127 Å². The summed E-state index contributed by atoms with van der Waals surface area (Å²) in [7, 11) is 2.14. The number of carbonyl (C=O) groups is 3. The van der Waals surface area contributed by atoms with E-state index in [9.17, 15) is 19.5 Å². The Bertz CT molecular complexity index is 1880. The van der Waals surface area contributed by atoms with E-state index in [2.05, 4.69) is 49.7 Å². The molecule has 1 aromatic carbocycles. The van der Waals surface area contributed by atoms with Crippen LogP contribution in [0, 0.1) is 0 Å². The van der Waals surface area contributed by atoms with Gasteiger partial charge < -0.3 is 15.3 Å². The number of piperazine rings is 1. The van der Waals surface area contributed by atoms with Gasteiger partial charge in [-0.3, -0.25) is 38.5 Å². The van der Waals surface area contributed by atoms with Gasteiger partial charge in [-0.15, -0.1) is 0 Å². The van der Waals surface area contributed by atoms with Gasteiger partial charge in [0.05, 0.1) is 29.7 Å². The second-order valence-corrected chi connectivity index (χ2v) is 14.3. The van der Waals surface area contributed by atoms with Crippen molar-refractivity contribution in [2.45, 2.75) is 70.6 Å². The van der Waals surface area contributed by atoms with E-state index in [1.165, 1.54) is 16.2 Å². The molecule has 0 radical (unpaired) electrons. The lowest BCUT2D eigenvalue weighted by Crippen LogP contribution is -2.47. The predicted molar refractivity (Wildman–Crippen MR) is 199 cm³/mol.